The number of fused-ring (bicyclic) bond motifs is 2. The third kappa shape index (κ3) is 4.73. The van der Waals surface area contributed by atoms with Gasteiger partial charge in [-0.3, -0.25) is 9.59 Å². The minimum absolute atomic E-state index is 0.0873. The van der Waals surface area contributed by atoms with Gasteiger partial charge < -0.3 is 20.5 Å². The molecular formula is C26H24FN3O5. The summed E-state index contributed by atoms with van der Waals surface area (Å²) < 4.78 is 20.2. The number of amides is 2. The van der Waals surface area contributed by atoms with Crippen molar-refractivity contribution in [3.05, 3.63) is 70.6 Å². The first-order valence-electron chi connectivity index (χ1n) is 11.3. The number of hydrogen-bond donors (Lipinski definition) is 3. The number of benzene rings is 2. The summed E-state index contributed by atoms with van der Waals surface area (Å²) in [5.74, 6) is -2.64. The van der Waals surface area contributed by atoms with Crippen molar-refractivity contribution in [2.75, 3.05) is 18.5 Å². The van der Waals surface area contributed by atoms with E-state index < -0.39 is 29.0 Å². The SMILES string of the molecule is CCNC(=O)c1cc2c(cc1F)OCC[C@]21C[C@H]1C(=O)Nc1cc(C#N)ccc1CC=CC(=O)O. The number of nitrogens with zero attached hydrogens (tertiary/aromatic N) is 1. The molecule has 1 aliphatic carbocycles. The third-order valence-electron chi connectivity index (χ3n) is 6.48. The lowest BCUT2D eigenvalue weighted by Crippen LogP contribution is -2.29. The van der Waals surface area contributed by atoms with E-state index in [-0.39, 0.29) is 17.9 Å². The topological polar surface area (TPSA) is 129 Å². The van der Waals surface area contributed by atoms with E-state index in [1.54, 1.807) is 25.1 Å². The summed E-state index contributed by atoms with van der Waals surface area (Å²) in [6.45, 7) is 2.42. The maximum Gasteiger partial charge on any atom is 0.327 e. The number of nitrogens with one attached hydrogen (secondary N) is 2. The molecule has 1 fully saturated rings. The maximum atomic E-state index is 14.5. The maximum absolute atomic E-state index is 14.5. The van der Waals surface area contributed by atoms with Gasteiger partial charge in [0.05, 0.1) is 23.8 Å². The number of rotatable bonds is 7. The number of halogens is 1. The summed E-state index contributed by atoms with van der Waals surface area (Å²) >= 11 is 0. The van der Waals surface area contributed by atoms with Crippen LogP contribution in [-0.2, 0) is 21.4 Å². The number of nitriles is 1. The van der Waals surface area contributed by atoms with Crippen LogP contribution in [0.1, 0.15) is 46.8 Å². The van der Waals surface area contributed by atoms with E-state index in [1.165, 1.54) is 18.2 Å². The fraction of sp³-hybridized carbons (Fsp3) is 0.308. The van der Waals surface area contributed by atoms with Gasteiger partial charge in [-0.15, -0.1) is 0 Å². The number of allylic oxidation sites excluding steroid dienone is 1. The van der Waals surface area contributed by atoms with Crippen molar-refractivity contribution in [1.82, 2.24) is 5.32 Å². The Balaban J connectivity index is 1.60. The van der Waals surface area contributed by atoms with Crippen LogP contribution in [0.4, 0.5) is 10.1 Å². The fourth-order valence-electron chi connectivity index (χ4n) is 4.64. The van der Waals surface area contributed by atoms with Gasteiger partial charge in [0.25, 0.3) is 5.91 Å². The molecule has 0 unspecified atom stereocenters. The average Bonchev–Trinajstić information content (AvgIpc) is 3.54. The van der Waals surface area contributed by atoms with E-state index in [4.69, 9.17) is 9.84 Å². The van der Waals surface area contributed by atoms with E-state index in [0.29, 0.717) is 54.1 Å². The zero-order valence-electron chi connectivity index (χ0n) is 19.1. The van der Waals surface area contributed by atoms with Gasteiger partial charge in [0.15, 0.2) is 0 Å². The lowest BCUT2D eigenvalue weighted by molar-refractivity contribution is -0.131. The van der Waals surface area contributed by atoms with Gasteiger partial charge in [-0.05, 0) is 49.9 Å². The second-order valence-corrected chi connectivity index (χ2v) is 8.62. The first kappa shape index (κ1) is 24.0. The van der Waals surface area contributed by atoms with Crippen LogP contribution < -0.4 is 15.4 Å². The van der Waals surface area contributed by atoms with Crippen LogP contribution >= 0.6 is 0 Å². The number of anilines is 1. The molecule has 4 rings (SSSR count). The van der Waals surface area contributed by atoms with Gasteiger partial charge in [-0.1, -0.05) is 12.1 Å². The highest BCUT2D eigenvalue weighted by atomic mass is 19.1. The zero-order valence-corrected chi connectivity index (χ0v) is 19.1. The van der Waals surface area contributed by atoms with E-state index in [9.17, 15) is 24.0 Å². The Morgan fingerprint density at radius 3 is 2.83 bits per heavy atom. The Morgan fingerprint density at radius 1 is 1.31 bits per heavy atom. The lowest BCUT2D eigenvalue weighted by atomic mass is 9.86. The van der Waals surface area contributed by atoms with E-state index >= 15 is 0 Å². The Labute approximate surface area is 201 Å². The number of carbonyl (C=O) groups excluding carboxylic acids is 2. The van der Waals surface area contributed by atoms with Crippen LogP contribution in [0, 0.1) is 23.1 Å². The third-order valence-corrected chi connectivity index (χ3v) is 6.48. The predicted molar refractivity (Wildman–Crippen MR) is 125 cm³/mol. The molecule has 1 saturated carbocycles. The minimum Gasteiger partial charge on any atom is -0.493 e. The number of carboxylic acids is 1. The molecule has 35 heavy (non-hydrogen) atoms. The van der Waals surface area contributed by atoms with E-state index in [1.807, 2.05) is 6.07 Å². The summed E-state index contributed by atoms with van der Waals surface area (Å²) in [5, 5.41) is 23.6. The number of hydrogen-bond acceptors (Lipinski definition) is 5. The normalized spacial score (nSPS) is 20.0. The molecule has 0 radical (unpaired) electrons. The van der Waals surface area contributed by atoms with Gasteiger partial charge in [0.1, 0.15) is 11.6 Å². The second kappa shape index (κ2) is 9.58. The number of carbonyl (C=O) groups is 3. The largest absolute Gasteiger partial charge is 0.493 e. The smallest absolute Gasteiger partial charge is 0.327 e. The monoisotopic (exact) mass is 477 g/mol. The van der Waals surface area contributed by atoms with Crippen molar-refractivity contribution in [2.45, 2.75) is 31.6 Å². The summed E-state index contributed by atoms with van der Waals surface area (Å²) in [7, 11) is 0. The summed E-state index contributed by atoms with van der Waals surface area (Å²) in [6, 6.07) is 9.56. The van der Waals surface area contributed by atoms with E-state index in [2.05, 4.69) is 10.6 Å². The van der Waals surface area contributed by atoms with Crippen molar-refractivity contribution in [1.29, 1.82) is 5.26 Å². The fourth-order valence-corrected chi connectivity index (χ4v) is 4.64. The first-order valence-corrected chi connectivity index (χ1v) is 11.3. The Hall–Kier alpha value is -4.19. The van der Waals surface area contributed by atoms with Crippen molar-refractivity contribution in [2.24, 2.45) is 5.92 Å². The molecule has 2 aliphatic rings. The van der Waals surface area contributed by atoms with Crippen molar-refractivity contribution in [3.8, 4) is 11.8 Å². The molecule has 0 aromatic heterocycles. The van der Waals surface area contributed by atoms with Crippen LogP contribution in [0.3, 0.4) is 0 Å². The van der Waals surface area contributed by atoms with Gasteiger partial charge in [0.2, 0.25) is 5.91 Å². The van der Waals surface area contributed by atoms with Crippen LogP contribution in [0.15, 0.2) is 42.5 Å². The van der Waals surface area contributed by atoms with Crippen LogP contribution in [0.5, 0.6) is 5.75 Å². The molecule has 2 atom stereocenters. The molecule has 2 aromatic carbocycles. The summed E-state index contributed by atoms with van der Waals surface area (Å²) in [6.07, 6.45) is 3.80. The van der Waals surface area contributed by atoms with Gasteiger partial charge >= 0.3 is 5.97 Å². The minimum atomic E-state index is -1.08. The molecule has 3 N–H and O–H groups in total. The van der Waals surface area contributed by atoms with Gasteiger partial charge in [0, 0.05) is 41.3 Å². The Bertz CT molecular complexity index is 1280. The molecular weight excluding hydrogens is 453 g/mol. The van der Waals surface area contributed by atoms with Crippen LogP contribution in [-0.4, -0.2) is 36.0 Å². The number of ether oxygens (including phenoxy) is 1. The van der Waals surface area contributed by atoms with Gasteiger partial charge in [-0.25, -0.2) is 9.18 Å². The quantitative estimate of drug-likeness (QED) is 0.525. The van der Waals surface area contributed by atoms with Crippen molar-refractivity contribution >= 4 is 23.5 Å². The highest BCUT2D eigenvalue weighted by Gasteiger charge is 2.61. The molecule has 0 bridgehead atoms. The summed E-state index contributed by atoms with van der Waals surface area (Å²) in [5.41, 5.74) is 1.44. The second-order valence-electron chi connectivity index (χ2n) is 8.62. The molecule has 180 valence electrons. The molecule has 1 heterocycles. The highest BCUT2D eigenvalue weighted by Crippen LogP contribution is 2.61. The van der Waals surface area contributed by atoms with Crippen molar-refractivity contribution < 1.29 is 28.6 Å². The first-order chi connectivity index (χ1) is 16.8. The molecule has 8 nitrogen and oxygen atoms in total. The zero-order chi connectivity index (χ0) is 25.2. The predicted octanol–water partition coefficient (Wildman–Crippen LogP) is 3.31. The number of aliphatic carboxylic acids is 1. The molecule has 9 heteroatoms. The molecule has 1 aliphatic heterocycles. The molecule has 1 spiro atoms. The molecule has 0 saturated heterocycles. The number of carboxylic acid groups (broad SMARTS) is 1. The van der Waals surface area contributed by atoms with Crippen LogP contribution in [0.25, 0.3) is 0 Å². The van der Waals surface area contributed by atoms with Gasteiger partial charge in [-0.2, -0.15) is 5.26 Å². The highest BCUT2D eigenvalue weighted by molar-refractivity contribution is 5.98. The summed E-state index contributed by atoms with van der Waals surface area (Å²) in [4.78, 5) is 36.4. The molecule has 2 aromatic rings. The molecule has 2 amide bonds. The average molecular weight is 477 g/mol. The lowest BCUT2D eigenvalue weighted by Gasteiger charge is -2.27. The Morgan fingerprint density at radius 2 is 2.11 bits per heavy atom. The standard InChI is InChI=1S/C26H24FN3O5/c1-2-29-24(33)17-11-18-22(12-20(17)27)35-9-8-26(18)13-19(26)25(34)30-21-10-15(14-28)6-7-16(21)4-3-5-23(31)32/h3,5-7,10-12,19H,2,4,8-9,13H2,1H3,(H,29,33)(H,30,34)(H,31,32)/t19-,26-/m0/s1. The van der Waals surface area contributed by atoms with Crippen LogP contribution in [0.2, 0.25) is 0 Å². The Kier molecular flexibility index (Phi) is 6.56. The van der Waals surface area contributed by atoms with Crippen molar-refractivity contribution in [3.63, 3.8) is 0 Å². The van der Waals surface area contributed by atoms with E-state index in [0.717, 1.165) is 6.08 Å².